The lowest BCUT2D eigenvalue weighted by Gasteiger charge is -2.11. The molecule has 1 atom stereocenters. The second-order valence-electron chi connectivity index (χ2n) is 6.20. The summed E-state index contributed by atoms with van der Waals surface area (Å²) in [6.07, 6.45) is 3.01. The number of fused-ring (bicyclic) bond motifs is 1. The normalized spacial score (nSPS) is 17.3. The number of rotatable bonds is 4. The van der Waals surface area contributed by atoms with Crippen molar-refractivity contribution < 1.29 is 9.53 Å². The van der Waals surface area contributed by atoms with E-state index in [-0.39, 0.29) is 18.4 Å². The topological polar surface area (TPSA) is 86.9 Å². The van der Waals surface area contributed by atoms with Gasteiger partial charge in [-0.2, -0.15) is 5.10 Å². The summed E-state index contributed by atoms with van der Waals surface area (Å²) in [5, 5.41) is 8.25. The highest BCUT2D eigenvalue weighted by Crippen LogP contribution is 2.26. The van der Waals surface area contributed by atoms with Gasteiger partial charge in [0.25, 0.3) is 0 Å². The van der Waals surface area contributed by atoms with Crippen molar-refractivity contribution in [3.63, 3.8) is 0 Å². The van der Waals surface area contributed by atoms with E-state index in [1.165, 1.54) is 0 Å². The third kappa shape index (κ3) is 2.89. The van der Waals surface area contributed by atoms with Crippen LogP contribution in [0.1, 0.15) is 18.3 Å². The van der Waals surface area contributed by atoms with Crippen molar-refractivity contribution in [2.75, 3.05) is 20.3 Å². The van der Waals surface area contributed by atoms with Gasteiger partial charge in [0.15, 0.2) is 11.6 Å². The van der Waals surface area contributed by atoms with Crippen LogP contribution in [0.5, 0.6) is 0 Å². The number of carbonyl (C=O) groups excluding carboxylic acids is 1. The Morgan fingerprint density at radius 3 is 3.00 bits per heavy atom. The van der Waals surface area contributed by atoms with E-state index in [2.05, 4.69) is 15.4 Å². The van der Waals surface area contributed by atoms with E-state index in [9.17, 15) is 4.79 Å². The summed E-state index contributed by atoms with van der Waals surface area (Å²) in [5.74, 6) is 1.06. The minimum Gasteiger partial charge on any atom is -0.379 e. The number of carbonyl (C=O) groups is 1. The molecule has 1 fully saturated rings. The van der Waals surface area contributed by atoms with E-state index in [0.29, 0.717) is 24.9 Å². The summed E-state index contributed by atoms with van der Waals surface area (Å²) in [4.78, 5) is 21.0. The standard InChI is InChI=1S/C17H20N6O2/c1-18-15(24)9-14-20-17(23(21-14)12-6-8-25-10-12)13-4-3-11-5-7-22(2)16(11)19-13/h3-5,7,12H,6,8-10H2,1-2H3,(H,18,24). The lowest BCUT2D eigenvalue weighted by Crippen LogP contribution is -2.21. The van der Waals surface area contributed by atoms with E-state index in [1.807, 2.05) is 40.7 Å². The molecule has 4 heterocycles. The number of pyridine rings is 1. The van der Waals surface area contributed by atoms with Crippen molar-refractivity contribution in [2.45, 2.75) is 18.9 Å². The Labute approximate surface area is 144 Å². The molecule has 3 aromatic heterocycles. The van der Waals surface area contributed by atoms with Crippen LogP contribution in [-0.2, 0) is 23.0 Å². The lowest BCUT2D eigenvalue weighted by molar-refractivity contribution is -0.120. The highest BCUT2D eigenvalue weighted by molar-refractivity contribution is 5.79. The fourth-order valence-corrected chi connectivity index (χ4v) is 3.08. The van der Waals surface area contributed by atoms with Gasteiger partial charge in [-0.3, -0.25) is 4.79 Å². The summed E-state index contributed by atoms with van der Waals surface area (Å²) in [6, 6.07) is 6.12. The molecule has 0 aromatic carbocycles. The number of amides is 1. The zero-order chi connectivity index (χ0) is 17.4. The van der Waals surface area contributed by atoms with Gasteiger partial charge in [-0.05, 0) is 24.6 Å². The predicted molar refractivity (Wildman–Crippen MR) is 92.0 cm³/mol. The van der Waals surface area contributed by atoms with Gasteiger partial charge in [0.1, 0.15) is 11.3 Å². The Balaban J connectivity index is 1.79. The monoisotopic (exact) mass is 340 g/mol. The number of hydrogen-bond acceptors (Lipinski definition) is 5. The molecule has 8 nitrogen and oxygen atoms in total. The van der Waals surface area contributed by atoms with Crippen molar-refractivity contribution in [1.82, 2.24) is 29.6 Å². The van der Waals surface area contributed by atoms with Crippen molar-refractivity contribution in [2.24, 2.45) is 7.05 Å². The molecule has 4 rings (SSSR count). The molecule has 1 saturated heterocycles. The van der Waals surface area contributed by atoms with Crippen LogP contribution in [0.4, 0.5) is 0 Å². The zero-order valence-corrected chi connectivity index (χ0v) is 14.3. The average Bonchev–Trinajstić information content (AvgIpc) is 3.34. The fraction of sp³-hybridized carbons (Fsp3) is 0.412. The van der Waals surface area contributed by atoms with Crippen LogP contribution < -0.4 is 5.32 Å². The number of aromatic nitrogens is 5. The Morgan fingerprint density at radius 1 is 1.36 bits per heavy atom. The Morgan fingerprint density at radius 2 is 2.24 bits per heavy atom. The zero-order valence-electron chi connectivity index (χ0n) is 14.3. The van der Waals surface area contributed by atoms with E-state index < -0.39 is 0 Å². The lowest BCUT2D eigenvalue weighted by atomic mass is 10.2. The summed E-state index contributed by atoms with van der Waals surface area (Å²) in [7, 11) is 3.57. The minimum absolute atomic E-state index is 0.114. The molecule has 1 aliphatic heterocycles. The SMILES string of the molecule is CNC(=O)Cc1nc(-c2ccc3ccn(C)c3n2)n(C2CCOC2)n1. The van der Waals surface area contributed by atoms with E-state index >= 15 is 0 Å². The fourth-order valence-electron chi connectivity index (χ4n) is 3.08. The van der Waals surface area contributed by atoms with Gasteiger partial charge < -0.3 is 14.6 Å². The molecule has 130 valence electrons. The molecule has 1 N–H and O–H groups in total. The van der Waals surface area contributed by atoms with Crippen LogP contribution in [-0.4, -0.2) is 50.5 Å². The predicted octanol–water partition coefficient (Wildman–Crippen LogP) is 1.08. The van der Waals surface area contributed by atoms with Crippen LogP contribution in [0.25, 0.3) is 22.6 Å². The number of nitrogens with zero attached hydrogens (tertiary/aromatic N) is 5. The number of hydrogen-bond donors (Lipinski definition) is 1. The van der Waals surface area contributed by atoms with Gasteiger partial charge >= 0.3 is 0 Å². The van der Waals surface area contributed by atoms with Crippen LogP contribution in [0, 0.1) is 0 Å². The van der Waals surface area contributed by atoms with E-state index in [0.717, 1.165) is 23.1 Å². The van der Waals surface area contributed by atoms with Crippen LogP contribution in [0.2, 0.25) is 0 Å². The molecular formula is C17H20N6O2. The maximum atomic E-state index is 11.7. The Hall–Kier alpha value is -2.74. The van der Waals surface area contributed by atoms with E-state index in [1.54, 1.807) is 7.05 Å². The molecule has 0 aliphatic carbocycles. The maximum Gasteiger partial charge on any atom is 0.227 e. The van der Waals surface area contributed by atoms with Crippen LogP contribution >= 0.6 is 0 Å². The number of aryl methyl sites for hydroxylation is 1. The molecule has 25 heavy (non-hydrogen) atoms. The smallest absolute Gasteiger partial charge is 0.227 e. The molecule has 1 aliphatic rings. The number of likely N-dealkylation sites (N-methyl/N-ethyl adjacent to an activating group) is 1. The maximum absolute atomic E-state index is 11.7. The van der Waals surface area contributed by atoms with Gasteiger partial charge in [-0.25, -0.2) is 14.6 Å². The molecule has 0 bridgehead atoms. The highest BCUT2D eigenvalue weighted by atomic mass is 16.5. The van der Waals surface area contributed by atoms with Crippen LogP contribution in [0.15, 0.2) is 24.4 Å². The first-order valence-electron chi connectivity index (χ1n) is 8.32. The quantitative estimate of drug-likeness (QED) is 0.768. The molecule has 0 saturated carbocycles. The van der Waals surface area contributed by atoms with Crippen molar-refractivity contribution in [3.05, 3.63) is 30.2 Å². The highest BCUT2D eigenvalue weighted by Gasteiger charge is 2.25. The molecule has 3 aromatic rings. The second kappa shape index (κ2) is 6.29. The number of ether oxygens (including phenoxy) is 1. The molecule has 0 spiro atoms. The van der Waals surface area contributed by atoms with E-state index in [4.69, 9.17) is 9.72 Å². The Bertz CT molecular complexity index is 923. The molecule has 0 radical (unpaired) electrons. The molecular weight excluding hydrogens is 320 g/mol. The van der Waals surface area contributed by atoms with Gasteiger partial charge in [-0.1, -0.05) is 0 Å². The molecule has 1 amide bonds. The van der Waals surface area contributed by atoms with Crippen molar-refractivity contribution in [3.8, 4) is 11.5 Å². The summed E-state index contributed by atoms with van der Waals surface area (Å²) < 4.78 is 9.34. The summed E-state index contributed by atoms with van der Waals surface area (Å²) in [5.41, 5.74) is 1.64. The minimum atomic E-state index is -0.114. The average molecular weight is 340 g/mol. The largest absolute Gasteiger partial charge is 0.379 e. The third-order valence-electron chi connectivity index (χ3n) is 4.47. The van der Waals surface area contributed by atoms with Gasteiger partial charge in [-0.15, -0.1) is 0 Å². The van der Waals surface area contributed by atoms with Gasteiger partial charge in [0, 0.05) is 32.3 Å². The first-order valence-corrected chi connectivity index (χ1v) is 8.32. The Kier molecular flexibility index (Phi) is 3.96. The third-order valence-corrected chi connectivity index (χ3v) is 4.47. The number of nitrogens with one attached hydrogen (secondary N) is 1. The summed E-state index contributed by atoms with van der Waals surface area (Å²) >= 11 is 0. The molecule has 1 unspecified atom stereocenters. The first kappa shape index (κ1) is 15.8. The van der Waals surface area contributed by atoms with Crippen molar-refractivity contribution in [1.29, 1.82) is 0 Å². The van der Waals surface area contributed by atoms with Gasteiger partial charge in [0.05, 0.1) is 19.1 Å². The first-order chi connectivity index (χ1) is 12.2. The summed E-state index contributed by atoms with van der Waals surface area (Å²) in [6.45, 7) is 1.31. The van der Waals surface area contributed by atoms with Crippen molar-refractivity contribution >= 4 is 16.9 Å². The van der Waals surface area contributed by atoms with Crippen LogP contribution in [0.3, 0.4) is 0 Å². The second-order valence-corrected chi connectivity index (χ2v) is 6.20. The van der Waals surface area contributed by atoms with Gasteiger partial charge in [0.2, 0.25) is 5.91 Å². The molecule has 8 heteroatoms.